The van der Waals surface area contributed by atoms with Crippen molar-refractivity contribution in [2.75, 3.05) is 6.54 Å². The van der Waals surface area contributed by atoms with Gasteiger partial charge in [0.15, 0.2) is 0 Å². The van der Waals surface area contributed by atoms with Crippen molar-refractivity contribution in [1.29, 1.82) is 0 Å². The lowest BCUT2D eigenvalue weighted by atomic mass is 9.98. The second-order valence-electron chi connectivity index (χ2n) is 5.40. The predicted octanol–water partition coefficient (Wildman–Crippen LogP) is 5.35. The van der Waals surface area contributed by atoms with Gasteiger partial charge >= 0.3 is 0 Å². The summed E-state index contributed by atoms with van der Waals surface area (Å²) in [5.41, 5.74) is 2.77. The first-order chi connectivity index (χ1) is 9.69. The Labute approximate surface area is 134 Å². The van der Waals surface area contributed by atoms with E-state index in [1.54, 1.807) is 21.8 Å². The van der Waals surface area contributed by atoms with Gasteiger partial charge in [0.25, 0.3) is 0 Å². The Morgan fingerprint density at radius 1 is 1.20 bits per heavy atom. The SMILES string of the molecule is CCNC(c1cc(C)c(Cl)s1)c1cc2c(s1)CCCC2. The number of thiophene rings is 2. The van der Waals surface area contributed by atoms with E-state index in [4.69, 9.17) is 11.6 Å². The zero-order chi connectivity index (χ0) is 14.1. The quantitative estimate of drug-likeness (QED) is 0.799. The van der Waals surface area contributed by atoms with Gasteiger partial charge in [-0.25, -0.2) is 0 Å². The van der Waals surface area contributed by atoms with Gasteiger partial charge < -0.3 is 5.32 Å². The van der Waals surface area contributed by atoms with Crippen LogP contribution in [0.2, 0.25) is 4.34 Å². The fourth-order valence-electron chi connectivity index (χ4n) is 2.83. The highest BCUT2D eigenvalue weighted by Crippen LogP contribution is 2.39. The smallest absolute Gasteiger partial charge is 0.0961 e. The van der Waals surface area contributed by atoms with Gasteiger partial charge in [-0.1, -0.05) is 18.5 Å². The van der Waals surface area contributed by atoms with E-state index in [1.165, 1.54) is 41.0 Å². The first-order valence-corrected chi connectivity index (χ1v) is 9.30. The van der Waals surface area contributed by atoms with Gasteiger partial charge in [-0.3, -0.25) is 0 Å². The minimum absolute atomic E-state index is 0.312. The average Bonchev–Trinajstić information content (AvgIpc) is 3.00. The molecule has 1 unspecified atom stereocenters. The van der Waals surface area contributed by atoms with Gasteiger partial charge in [-0.15, -0.1) is 22.7 Å². The third-order valence-electron chi connectivity index (χ3n) is 3.87. The number of fused-ring (bicyclic) bond motifs is 1. The van der Waals surface area contributed by atoms with Crippen LogP contribution in [0.4, 0.5) is 0 Å². The van der Waals surface area contributed by atoms with Gasteiger partial charge in [0.2, 0.25) is 0 Å². The second-order valence-corrected chi connectivity index (χ2v) is 8.25. The molecule has 1 nitrogen and oxygen atoms in total. The van der Waals surface area contributed by atoms with Crippen molar-refractivity contribution in [2.24, 2.45) is 0 Å². The maximum atomic E-state index is 6.26. The molecule has 1 atom stereocenters. The van der Waals surface area contributed by atoms with E-state index in [2.05, 4.69) is 31.3 Å². The van der Waals surface area contributed by atoms with Crippen molar-refractivity contribution in [2.45, 2.75) is 45.6 Å². The van der Waals surface area contributed by atoms with Crippen LogP contribution in [0.3, 0.4) is 0 Å². The lowest BCUT2D eigenvalue weighted by molar-refractivity contribution is 0.647. The molecule has 2 aromatic heterocycles. The van der Waals surface area contributed by atoms with Crippen LogP contribution in [0.1, 0.15) is 51.6 Å². The molecule has 0 saturated carbocycles. The molecule has 0 spiro atoms. The van der Waals surface area contributed by atoms with Gasteiger partial charge in [-0.2, -0.15) is 0 Å². The summed E-state index contributed by atoms with van der Waals surface area (Å²) in [6, 6.07) is 4.97. The van der Waals surface area contributed by atoms with Crippen LogP contribution in [0.25, 0.3) is 0 Å². The molecular weight excluding hydrogens is 306 g/mol. The van der Waals surface area contributed by atoms with Crippen molar-refractivity contribution in [3.63, 3.8) is 0 Å². The third-order valence-corrected chi connectivity index (χ3v) is 6.79. The molecule has 0 aromatic carbocycles. The fourth-order valence-corrected chi connectivity index (χ4v) is 5.57. The van der Waals surface area contributed by atoms with Crippen LogP contribution < -0.4 is 5.32 Å². The van der Waals surface area contributed by atoms with Crippen molar-refractivity contribution in [3.8, 4) is 0 Å². The molecule has 2 heterocycles. The molecule has 2 aromatic rings. The molecule has 0 radical (unpaired) electrons. The van der Waals surface area contributed by atoms with E-state index in [0.29, 0.717) is 6.04 Å². The minimum Gasteiger partial charge on any atom is -0.305 e. The second kappa shape index (κ2) is 6.18. The lowest BCUT2D eigenvalue weighted by Gasteiger charge is -2.14. The van der Waals surface area contributed by atoms with E-state index in [0.717, 1.165) is 10.9 Å². The first-order valence-electron chi connectivity index (χ1n) is 7.29. The van der Waals surface area contributed by atoms with Crippen LogP contribution in [-0.4, -0.2) is 6.54 Å². The molecule has 4 heteroatoms. The number of aryl methyl sites for hydroxylation is 3. The molecule has 0 amide bonds. The van der Waals surface area contributed by atoms with Crippen molar-refractivity contribution < 1.29 is 0 Å². The molecule has 1 aliphatic rings. The number of hydrogen-bond donors (Lipinski definition) is 1. The van der Waals surface area contributed by atoms with Gasteiger partial charge in [0.05, 0.1) is 10.4 Å². The predicted molar refractivity (Wildman–Crippen MR) is 90.5 cm³/mol. The fraction of sp³-hybridized carbons (Fsp3) is 0.500. The molecule has 1 N–H and O–H groups in total. The molecule has 1 aliphatic carbocycles. The summed E-state index contributed by atoms with van der Waals surface area (Å²) in [6.07, 6.45) is 5.22. The van der Waals surface area contributed by atoms with Crippen molar-refractivity contribution >= 4 is 34.3 Å². The summed E-state index contributed by atoms with van der Waals surface area (Å²) < 4.78 is 0.921. The summed E-state index contributed by atoms with van der Waals surface area (Å²) in [5.74, 6) is 0. The average molecular weight is 326 g/mol. The van der Waals surface area contributed by atoms with Crippen LogP contribution in [0, 0.1) is 6.92 Å². The van der Waals surface area contributed by atoms with Gasteiger partial charge in [-0.05, 0) is 62.4 Å². The van der Waals surface area contributed by atoms with Crippen LogP contribution in [0.5, 0.6) is 0 Å². The van der Waals surface area contributed by atoms with E-state index >= 15 is 0 Å². The zero-order valence-electron chi connectivity index (χ0n) is 12.0. The van der Waals surface area contributed by atoms with Crippen molar-refractivity contribution in [1.82, 2.24) is 5.32 Å². The Kier molecular flexibility index (Phi) is 4.51. The Balaban J connectivity index is 1.95. The summed E-state index contributed by atoms with van der Waals surface area (Å²) in [4.78, 5) is 4.40. The van der Waals surface area contributed by atoms with E-state index in [-0.39, 0.29) is 0 Å². The van der Waals surface area contributed by atoms with Gasteiger partial charge in [0, 0.05) is 14.6 Å². The Morgan fingerprint density at radius 3 is 2.60 bits per heavy atom. The first kappa shape index (κ1) is 14.6. The number of rotatable bonds is 4. The third kappa shape index (κ3) is 2.82. The van der Waals surface area contributed by atoms with E-state index < -0.39 is 0 Å². The van der Waals surface area contributed by atoms with E-state index in [9.17, 15) is 0 Å². The van der Waals surface area contributed by atoms with Crippen LogP contribution >= 0.6 is 34.3 Å². The number of nitrogens with one attached hydrogen (secondary N) is 1. The van der Waals surface area contributed by atoms with Crippen molar-refractivity contribution in [3.05, 3.63) is 42.2 Å². The maximum absolute atomic E-state index is 6.26. The Hall–Kier alpha value is -0.350. The Morgan fingerprint density at radius 2 is 1.95 bits per heavy atom. The highest BCUT2D eigenvalue weighted by Gasteiger charge is 2.22. The minimum atomic E-state index is 0.312. The Bertz CT molecular complexity index is 557. The molecular formula is C16H20ClNS2. The summed E-state index contributed by atoms with van der Waals surface area (Å²) in [6.45, 7) is 5.23. The highest BCUT2D eigenvalue weighted by atomic mass is 35.5. The molecule has 20 heavy (non-hydrogen) atoms. The molecule has 108 valence electrons. The highest BCUT2D eigenvalue weighted by molar-refractivity contribution is 7.17. The number of hydrogen-bond acceptors (Lipinski definition) is 3. The normalized spacial score (nSPS) is 16.1. The zero-order valence-corrected chi connectivity index (χ0v) is 14.4. The molecule has 0 bridgehead atoms. The molecule has 0 saturated heterocycles. The maximum Gasteiger partial charge on any atom is 0.0961 e. The summed E-state index contributed by atoms with van der Waals surface area (Å²) in [5, 5.41) is 3.63. The monoisotopic (exact) mass is 325 g/mol. The molecule has 0 aliphatic heterocycles. The topological polar surface area (TPSA) is 12.0 Å². The van der Waals surface area contributed by atoms with Crippen LogP contribution in [-0.2, 0) is 12.8 Å². The van der Waals surface area contributed by atoms with E-state index in [1.807, 2.05) is 11.3 Å². The van der Waals surface area contributed by atoms with Crippen LogP contribution in [0.15, 0.2) is 12.1 Å². The van der Waals surface area contributed by atoms with Gasteiger partial charge in [0.1, 0.15) is 0 Å². The standard InChI is InChI=1S/C16H20ClNS2/c1-3-18-15(13-8-10(2)16(17)20-13)14-9-11-6-4-5-7-12(11)19-14/h8-9,15,18H,3-7H2,1-2H3. The summed E-state index contributed by atoms with van der Waals surface area (Å²) >= 11 is 9.96. The molecule has 3 rings (SSSR count). The number of halogens is 1. The lowest BCUT2D eigenvalue weighted by Crippen LogP contribution is -2.20. The summed E-state index contributed by atoms with van der Waals surface area (Å²) in [7, 11) is 0. The molecule has 0 fully saturated rings. The largest absolute Gasteiger partial charge is 0.305 e.